The maximum absolute atomic E-state index is 13.5. The second-order valence-corrected chi connectivity index (χ2v) is 11.4. The lowest BCUT2D eigenvalue weighted by atomic mass is 10.1. The summed E-state index contributed by atoms with van der Waals surface area (Å²) in [5.74, 6) is -0.897. The molecule has 2 rings (SSSR count). The molecule has 2 aromatic carbocycles. The minimum absolute atomic E-state index is 0.00600. The van der Waals surface area contributed by atoms with Crippen LogP contribution in [-0.4, -0.2) is 50.0 Å². The summed E-state index contributed by atoms with van der Waals surface area (Å²) in [5, 5.41) is 3.58. The van der Waals surface area contributed by atoms with Crippen molar-refractivity contribution in [1.29, 1.82) is 0 Å². The Bertz CT molecular complexity index is 1170. The second kappa shape index (κ2) is 11.4. The molecule has 1 atom stereocenters. The molecule has 10 heteroatoms. The van der Waals surface area contributed by atoms with Gasteiger partial charge in [0.15, 0.2) is 0 Å². The molecule has 2 aromatic rings. The van der Waals surface area contributed by atoms with Crippen LogP contribution in [0.15, 0.2) is 36.4 Å². The first kappa shape index (κ1) is 28.0. The monoisotopic (exact) mass is 527 g/mol. The normalized spacial score (nSPS) is 12.4. The van der Waals surface area contributed by atoms with Gasteiger partial charge >= 0.3 is 0 Å². The molecule has 0 aromatic heterocycles. The van der Waals surface area contributed by atoms with Crippen LogP contribution in [0.2, 0.25) is 10.0 Å². The van der Waals surface area contributed by atoms with Crippen molar-refractivity contribution < 1.29 is 18.0 Å². The number of nitrogens with zero attached hydrogens (tertiary/aromatic N) is 2. The maximum Gasteiger partial charge on any atom is 0.244 e. The van der Waals surface area contributed by atoms with Crippen LogP contribution in [0.4, 0.5) is 5.69 Å². The molecule has 1 N–H and O–H groups in total. The Balaban J connectivity index is 2.44. The molecular formula is C24H31Cl2N3O4S. The average Bonchev–Trinajstić information content (AvgIpc) is 2.71. The third-order valence-corrected chi connectivity index (χ3v) is 7.14. The number of aryl methyl sites for hydroxylation is 2. The number of anilines is 1. The summed E-state index contributed by atoms with van der Waals surface area (Å²) < 4.78 is 26.3. The van der Waals surface area contributed by atoms with Crippen molar-refractivity contribution in [1.82, 2.24) is 10.2 Å². The minimum Gasteiger partial charge on any atom is -0.352 e. The lowest BCUT2D eigenvalue weighted by molar-refractivity contribution is -0.139. The van der Waals surface area contributed by atoms with Crippen molar-refractivity contribution >= 4 is 50.7 Å². The van der Waals surface area contributed by atoms with Crippen molar-refractivity contribution in [3.8, 4) is 0 Å². The summed E-state index contributed by atoms with van der Waals surface area (Å²) in [7, 11) is -3.79. The van der Waals surface area contributed by atoms with Gasteiger partial charge in [0.2, 0.25) is 21.8 Å². The highest BCUT2D eigenvalue weighted by atomic mass is 35.5. The van der Waals surface area contributed by atoms with Gasteiger partial charge in [-0.1, -0.05) is 35.3 Å². The molecular weight excluding hydrogens is 497 g/mol. The Morgan fingerprint density at radius 1 is 1.00 bits per heavy atom. The number of amides is 2. The molecule has 0 fully saturated rings. The topological polar surface area (TPSA) is 86.8 Å². The third-order valence-electron chi connectivity index (χ3n) is 5.41. The van der Waals surface area contributed by atoms with Crippen molar-refractivity contribution in [2.45, 2.75) is 53.2 Å². The second-order valence-electron chi connectivity index (χ2n) is 8.63. The predicted octanol–water partition coefficient (Wildman–Crippen LogP) is 4.32. The van der Waals surface area contributed by atoms with E-state index >= 15 is 0 Å². The number of hydrogen-bond donors (Lipinski definition) is 1. The number of carbonyl (C=O) groups is 2. The van der Waals surface area contributed by atoms with Gasteiger partial charge in [-0.25, -0.2) is 8.42 Å². The summed E-state index contributed by atoms with van der Waals surface area (Å²) in [6.07, 6.45) is 1.05. The Kier molecular flexibility index (Phi) is 9.39. The fourth-order valence-corrected chi connectivity index (χ4v) is 4.63. The quantitative estimate of drug-likeness (QED) is 0.526. The van der Waals surface area contributed by atoms with Crippen LogP contribution in [0, 0.1) is 13.8 Å². The van der Waals surface area contributed by atoms with Gasteiger partial charge in [-0.05, 0) is 75.6 Å². The number of halogens is 2. The van der Waals surface area contributed by atoms with Gasteiger partial charge in [0.25, 0.3) is 0 Å². The van der Waals surface area contributed by atoms with E-state index in [4.69, 9.17) is 23.2 Å². The van der Waals surface area contributed by atoms with Gasteiger partial charge in [0, 0.05) is 22.6 Å². The lowest BCUT2D eigenvalue weighted by Gasteiger charge is -2.32. The van der Waals surface area contributed by atoms with E-state index in [1.807, 2.05) is 27.7 Å². The predicted molar refractivity (Wildman–Crippen MR) is 138 cm³/mol. The maximum atomic E-state index is 13.5. The lowest BCUT2D eigenvalue weighted by Crippen LogP contribution is -2.52. The van der Waals surface area contributed by atoms with Gasteiger partial charge in [-0.2, -0.15) is 0 Å². The minimum atomic E-state index is -3.79. The van der Waals surface area contributed by atoms with Crippen molar-refractivity contribution in [2.75, 3.05) is 17.1 Å². The number of sulfonamides is 1. The Morgan fingerprint density at radius 3 is 2.18 bits per heavy atom. The molecule has 0 radical (unpaired) electrons. The van der Waals surface area contributed by atoms with Gasteiger partial charge in [-0.3, -0.25) is 13.9 Å². The molecule has 186 valence electrons. The van der Waals surface area contributed by atoms with E-state index in [0.29, 0.717) is 21.3 Å². The van der Waals surface area contributed by atoms with E-state index in [1.165, 1.54) is 4.90 Å². The van der Waals surface area contributed by atoms with Crippen LogP contribution in [0.5, 0.6) is 0 Å². The number of rotatable bonds is 9. The van der Waals surface area contributed by atoms with Crippen LogP contribution in [0.25, 0.3) is 0 Å². The van der Waals surface area contributed by atoms with E-state index < -0.39 is 28.5 Å². The summed E-state index contributed by atoms with van der Waals surface area (Å²) in [5.41, 5.74) is 2.86. The van der Waals surface area contributed by atoms with E-state index in [1.54, 1.807) is 43.3 Å². The van der Waals surface area contributed by atoms with Crippen LogP contribution in [-0.2, 0) is 26.2 Å². The number of benzene rings is 2. The summed E-state index contributed by atoms with van der Waals surface area (Å²) in [6.45, 7) is 8.56. The standard InChI is InChI=1S/C24H31Cl2N3O4S/c1-15(2)27-24(31)18(5)28(13-19-8-9-20(25)12-22(19)26)23(30)14-29(34(6,32)33)21-10-7-16(3)17(4)11-21/h7-12,15,18H,13-14H2,1-6H3,(H,27,31)/t18-/m0/s1. The van der Waals surface area contributed by atoms with Crippen molar-refractivity contribution in [3.05, 3.63) is 63.1 Å². The zero-order chi connectivity index (χ0) is 25.8. The molecule has 34 heavy (non-hydrogen) atoms. The fourth-order valence-electron chi connectivity index (χ4n) is 3.32. The first-order chi connectivity index (χ1) is 15.7. The molecule has 0 saturated heterocycles. The van der Waals surface area contributed by atoms with Crippen molar-refractivity contribution in [3.63, 3.8) is 0 Å². The van der Waals surface area contributed by atoms with Crippen LogP contribution in [0.1, 0.15) is 37.5 Å². The van der Waals surface area contributed by atoms with Gasteiger partial charge in [0.1, 0.15) is 12.6 Å². The summed E-state index contributed by atoms with van der Waals surface area (Å²) >= 11 is 12.3. The molecule has 0 heterocycles. The molecule has 0 aliphatic carbocycles. The van der Waals surface area contributed by atoms with E-state index in [-0.39, 0.29) is 18.5 Å². The van der Waals surface area contributed by atoms with Crippen LogP contribution < -0.4 is 9.62 Å². The summed E-state index contributed by atoms with van der Waals surface area (Å²) in [6, 6.07) is 9.05. The molecule has 0 spiro atoms. The first-order valence-corrected chi connectivity index (χ1v) is 13.4. The molecule has 7 nitrogen and oxygen atoms in total. The largest absolute Gasteiger partial charge is 0.352 e. The molecule has 2 amide bonds. The smallest absolute Gasteiger partial charge is 0.244 e. The van der Waals surface area contributed by atoms with Crippen LogP contribution >= 0.6 is 23.2 Å². The Labute approximate surface area is 212 Å². The molecule has 0 saturated carbocycles. The zero-order valence-corrected chi connectivity index (χ0v) is 22.6. The molecule has 0 aliphatic heterocycles. The number of nitrogens with one attached hydrogen (secondary N) is 1. The van der Waals surface area contributed by atoms with Crippen LogP contribution in [0.3, 0.4) is 0 Å². The highest BCUT2D eigenvalue weighted by Crippen LogP contribution is 2.25. The van der Waals surface area contributed by atoms with Gasteiger partial charge in [-0.15, -0.1) is 0 Å². The van der Waals surface area contributed by atoms with E-state index in [0.717, 1.165) is 21.7 Å². The zero-order valence-electron chi connectivity index (χ0n) is 20.2. The first-order valence-electron chi connectivity index (χ1n) is 10.8. The molecule has 0 aliphatic rings. The van der Waals surface area contributed by atoms with E-state index in [9.17, 15) is 18.0 Å². The van der Waals surface area contributed by atoms with E-state index in [2.05, 4.69) is 5.32 Å². The Morgan fingerprint density at radius 2 is 1.65 bits per heavy atom. The third kappa shape index (κ3) is 7.35. The number of hydrogen-bond acceptors (Lipinski definition) is 4. The average molecular weight is 529 g/mol. The van der Waals surface area contributed by atoms with Crippen molar-refractivity contribution in [2.24, 2.45) is 0 Å². The molecule has 0 bridgehead atoms. The Hall–Kier alpha value is -2.29. The highest BCUT2D eigenvalue weighted by Gasteiger charge is 2.30. The molecule has 0 unspecified atom stereocenters. The number of carbonyl (C=O) groups excluding carboxylic acids is 2. The van der Waals surface area contributed by atoms with Gasteiger partial charge < -0.3 is 10.2 Å². The SMILES string of the molecule is Cc1ccc(N(CC(=O)N(Cc2ccc(Cl)cc2Cl)[C@@H](C)C(=O)NC(C)C)S(C)(=O)=O)cc1C. The highest BCUT2D eigenvalue weighted by molar-refractivity contribution is 7.92. The van der Waals surface area contributed by atoms with Gasteiger partial charge in [0.05, 0.1) is 11.9 Å². The fraction of sp³-hybridized carbons (Fsp3) is 0.417. The summed E-state index contributed by atoms with van der Waals surface area (Å²) in [4.78, 5) is 27.6.